The van der Waals surface area contributed by atoms with Gasteiger partial charge in [-0.2, -0.15) is 0 Å². The zero-order valence-corrected chi connectivity index (χ0v) is 12.0. The molecule has 0 spiro atoms. The van der Waals surface area contributed by atoms with Crippen molar-refractivity contribution in [1.82, 2.24) is 10.3 Å². The van der Waals surface area contributed by atoms with Crippen LogP contribution in [0, 0.1) is 6.92 Å². The number of amides is 1. The number of nitrogens with one attached hydrogen (secondary N) is 2. The Morgan fingerprint density at radius 1 is 1.20 bits per heavy atom. The molecule has 1 aromatic carbocycles. The van der Waals surface area contributed by atoms with Crippen molar-refractivity contribution in [3.05, 3.63) is 59.4 Å². The molecule has 1 unspecified atom stereocenters. The normalized spacial score (nSPS) is 11.9. The number of aryl methyl sites for hydroxylation is 1. The number of para-hydroxylation sites is 1. The van der Waals surface area contributed by atoms with Gasteiger partial charge in [-0.1, -0.05) is 18.2 Å². The fraction of sp³-hybridized carbons (Fsp3) is 0.250. The van der Waals surface area contributed by atoms with Crippen LogP contribution in [-0.4, -0.2) is 17.9 Å². The molecule has 2 aromatic rings. The monoisotopic (exact) mass is 269 g/mol. The highest BCUT2D eigenvalue weighted by atomic mass is 16.1. The molecule has 0 fully saturated rings. The van der Waals surface area contributed by atoms with E-state index in [2.05, 4.69) is 22.5 Å². The van der Waals surface area contributed by atoms with E-state index in [-0.39, 0.29) is 11.9 Å². The summed E-state index contributed by atoms with van der Waals surface area (Å²) in [4.78, 5) is 16.4. The second-order valence-electron chi connectivity index (χ2n) is 4.74. The lowest BCUT2D eigenvalue weighted by Crippen LogP contribution is -2.18. The topological polar surface area (TPSA) is 54.0 Å². The summed E-state index contributed by atoms with van der Waals surface area (Å²) in [5, 5.41) is 6.12. The van der Waals surface area contributed by atoms with Crippen LogP contribution in [0.4, 0.5) is 5.69 Å². The number of pyridine rings is 1. The average molecular weight is 269 g/mol. The Morgan fingerprint density at radius 3 is 2.60 bits per heavy atom. The van der Waals surface area contributed by atoms with Crippen LogP contribution >= 0.6 is 0 Å². The highest BCUT2D eigenvalue weighted by molar-refractivity contribution is 6.04. The number of aromatic nitrogens is 1. The van der Waals surface area contributed by atoms with E-state index in [0.29, 0.717) is 5.56 Å². The van der Waals surface area contributed by atoms with Crippen molar-refractivity contribution >= 4 is 11.6 Å². The van der Waals surface area contributed by atoms with E-state index in [9.17, 15) is 4.79 Å². The number of hydrogen-bond acceptors (Lipinski definition) is 3. The predicted octanol–water partition coefficient (Wildman–Crippen LogP) is 2.92. The summed E-state index contributed by atoms with van der Waals surface area (Å²) in [6.07, 6.45) is 1.59. The first-order valence-electron chi connectivity index (χ1n) is 6.62. The van der Waals surface area contributed by atoms with Gasteiger partial charge in [-0.3, -0.25) is 9.78 Å². The van der Waals surface area contributed by atoms with E-state index in [0.717, 1.165) is 16.9 Å². The van der Waals surface area contributed by atoms with Gasteiger partial charge in [0, 0.05) is 23.6 Å². The number of rotatable bonds is 4. The third-order valence-corrected chi connectivity index (χ3v) is 3.28. The van der Waals surface area contributed by atoms with Gasteiger partial charge in [0.25, 0.3) is 5.91 Å². The van der Waals surface area contributed by atoms with Crippen molar-refractivity contribution < 1.29 is 4.79 Å². The molecule has 0 saturated carbocycles. The van der Waals surface area contributed by atoms with Gasteiger partial charge >= 0.3 is 0 Å². The molecular formula is C16H19N3O. The fourth-order valence-corrected chi connectivity index (χ4v) is 1.94. The Hall–Kier alpha value is -2.20. The second kappa shape index (κ2) is 6.30. The van der Waals surface area contributed by atoms with Crippen LogP contribution in [-0.2, 0) is 0 Å². The number of carbonyl (C=O) groups excluding carboxylic acids is 1. The standard InChI is InChI=1S/C16H19N3O/c1-11-8-9-13(10-18-11)16(20)19-15-7-5-4-6-14(15)12(2)17-3/h4-10,12,17H,1-3H3,(H,19,20). The maximum Gasteiger partial charge on any atom is 0.257 e. The van der Waals surface area contributed by atoms with Crippen LogP contribution in [0.1, 0.15) is 34.6 Å². The average Bonchev–Trinajstić information content (AvgIpc) is 2.47. The van der Waals surface area contributed by atoms with Crippen molar-refractivity contribution in [2.24, 2.45) is 0 Å². The van der Waals surface area contributed by atoms with E-state index in [4.69, 9.17) is 0 Å². The predicted molar refractivity (Wildman–Crippen MR) is 80.8 cm³/mol. The molecule has 2 rings (SSSR count). The molecule has 0 aliphatic heterocycles. The summed E-state index contributed by atoms with van der Waals surface area (Å²) >= 11 is 0. The van der Waals surface area contributed by atoms with Crippen LogP contribution in [0.3, 0.4) is 0 Å². The lowest BCUT2D eigenvalue weighted by Gasteiger charge is -2.16. The van der Waals surface area contributed by atoms with Gasteiger partial charge in [0.05, 0.1) is 5.56 Å². The van der Waals surface area contributed by atoms with Crippen molar-refractivity contribution in [2.75, 3.05) is 12.4 Å². The minimum atomic E-state index is -0.145. The van der Waals surface area contributed by atoms with E-state index >= 15 is 0 Å². The Kier molecular flexibility index (Phi) is 4.48. The van der Waals surface area contributed by atoms with Crippen LogP contribution < -0.4 is 10.6 Å². The first-order valence-corrected chi connectivity index (χ1v) is 6.62. The Morgan fingerprint density at radius 2 is 1.95 bits per heavy atom. The first-order chi connectivity index (χ1) is 9.61. The quantitative estimate of drug-likeness (QED) is 0.897. The molecule has 4 nitrogen and oxygen atoms in total. The molecule has 2 N–H and O–H groups in total. The molecule has 0 aliphatic carbocycles. The third-order valence-electron chi connectivity index (χ3n) is 3.28. The van der Waals surface area contributed by atoms with Gasteiger partial charge in [-0.15, -0.1) is 0 Å². The molecule has 104 valence electrons. The molecule has 0 radical (unpaired) electrons. The summed E-state index contributed by atoms with van der Waals surface area (Å²) in [7, 11) is 1.90. The van der Waals surface area contributed by atoms with Gasteiger partial charge in [0.2, 0.25) is 0 Å². The Labute approximate surface area is 119 Å². The lowest BCUT2D eigenvalue weighted by molar-refractivity contribution is 0.102. The van der Waals surface area contributed by atoms with Gasteiger partial charge < -0.3 is 10.6 Å². The maximum absolute atomic E-state index is 12.2. The lowest BCUT2D eigenvalue weighted by atomic mass is 10.1. The van der Waals surface area contributed by atoms with Crippen molar-refractivity contribution in [3.63, 3.8) is 0 Å². The van der Waals surface area contributed by atoms with E-state index in [1.165, 1.54) is 0 Å². The molecule has 1 heterocycles. The second-order valence-corrected chi connectivity index (χ2v) is 4.74. The van der Waals surface area contributed by atoms with Crippen molar-refractivity contribution in [3.8, 4) is 0 Å². The van der Waals surface area contributed by atoms with Crippen molar-refractivity contribution in [2.45, 2.75) is 19.9 Å². The number of anilines is 1. The molecule has 1 amide bonds. The van der Waals surface area contributed by atoms with Crippen LogP contribution in [0.25, 0.3) is 0 Å². The molecule has 0 saturated heterocycles. The van der Waals surface area contributed by atoms with E-state index in [1.807, 2.05) is 44.3 Å². The van der Waals surface area contributed by atoms with Gasteiger partial charge in [0.1, 0.15) is 0 Å². The molecule has 20 heavy (non-hydrogen) atoms. The molecular weight excluding hydrogens is 250 g/mol. The van der Waals surface area contributed by atoms with Crippen molar-refractivity contribution in [1.29, 1.82) is 0 Å². The number of carbonyl (C=O) groups is 1. The maximum atomic E-state index is 12.2. The Bertz CT molecular complexity index is 593. The third kappa shape index (κ3) is 3.22. The fourth-order valence-electron chi connectivity index (χ4n) is 1.94. The minimum absolute atomic E-state index is 0.145. The highest BCUT2D eigenvalue weighted by Gasteiger charge is 2.12. The molecule has 0 aliphatic rings. The zero-order valence-electron chi connectivity index (χ0n) is 12.0. The van der Waals surface area contributed by atoms with Gasteiger partial charge in [-0.05, 0) is 44.7 Å². The smallest absolute Gasteiger partial charge is 0.257 e. The summed E-state index contributed by atoms with van der Waals surface area (Å²) in [5.74, 6) is -0.145. The summed E-state index contributed by atoms with van der Waals surface area (Å²) < 4.78 is 0. The largest absolute Gasteiger partial charge is 0.322 e. The summed E-state index contributed by atoms with van der Waals surface area (Å²) in [6.45, 7) is 3.95. The molecule has 0 bridgehead atoms. The van der Waals surface area contributed by atoms with Gasteiger partial charge in [0.15, 0.2) is 0 Å². The highest BCUT2D eigenvalue weighted by Crippen LogP contribution is 2.22. The minimum Gasteiger partial charge on any atom is -0.322 e. The van der Waals surface area contributed by atoms with E-state index < -0.39 is 0 Å². The zero-order chi connectivity index (χ0) is 14.5. The van der Waals surface area contributed by atoms with Gasteiger partial charge in [-0.25, -0.2) is 0 Å². The SMILES string of the molecule is CNC(C)c1ccccc1NC(=O)c1ccc(C)nc1. The molecule has 4 heteroatoms. The van der Waals surface area contributed by atoms with Crippen LogP contribution in [0.5, 0.6) is 0 Å². The van der Waals surface area contributed by atoms with Crippen LogP contribution in [0.2, 0.25) is 0 Å². The number of hydrogen-bond donors (Lipinski definition) is 2. The molecule has 1 aromatic heterocycles. The Balaban J connectivity index is 2.21. The summed E-state index contributed by atoms with van der Waals surface area (Å²) in [6, 6.07) is 11.6. The molecule has 1 atom stereocenters. The van der Waals surface area contributed by atoms with Crippen LogP contribution in [0.15, 0.2) is 42.6 Å². The first kappa shape index (κ1) is 14.2. The summed E-state index contributed by atoms with van der Waals surface area (Å²) in [5.41, 5.74) is 3.33. The number of benzene rings is 1. The number of nitrogens with zero attached hydrogens (tertiary/aromatic N) is 1. The van der Waals surface area contributed by atoms with E-state index in [1.54, 1.807) is 12.3 Å².